The third kappa shape index (κ3) is 2.59. The van der Waals surface area contributed by atoms with Gasteiger partial charge in [-0.25, -0.2) is 12.8 Å². The first kappa shape index (κ1) is 13.1. The molecule has 0 bridgehead atoms. The van der Waals surface area contributed by atoms with Gasteiger partial charge in [0.1, 0.15) is 15.9 Å². The standard InChI is InChI=1S/C11H15FO3S/c1-4-11(2,3)8-5-6-10(9(12)7-8)16(13,14)15/h5-7H,4H2,1-3H3,(H,13,14,15)/p-1. The molecular formula is C11H14FO3S-. The first-order valence-corrected chi connectivity index (χ1v) is 6.35. The molecule has 0 aliphatic carbocycles. The first-order chi connectivity index (χ1) is 7.18. The molecule has 0 aliphatic rings. The summed E-state index contributed by atoms with van der Waals surface area (Å²) in [5.41, 5.74) is 0.436. The summed E-state index contributed by atoms with van der Waals surface area (Å²) < 4.78 is 45.5. The summed E-state index contributed by atoms with van der Waals surface area (Å²) in [6.07, 6.45) is 0.788. The molecule has 0 amide bonds. The van der Waals surface area contributed by atoms with Crippen molar-refractivity contribution in [2.75, 3.05) is 0 Å². The molecule has 1 rings (SSSR count). The zero-order valence-corrected chi connectivity index (χ0v) is 10.3. The highest BCUT2D eigenvalue weighted by molar-refractivity contribution is 7.85. The largest absolute Gasteiger partial charge is 0.744 e. The second-order valence-electron chi connectivity index (χ2n) is 4.34. The van der Waals surface area contributed by atoms with E-state index in [9.17, 15) is 17.4 Å². The molecule has 5 heteroatoms. The van der Waals surface area contributed by atoms with E-state index in [0.717, 1.165) is 18.6 Å². The summed E-state index contributed by atoms with van der Waals surface area (Å²) in [7, 11) is -4.73. The number of hydrogen-bond acceptors (Lipinski definition) is 3. The Morgan fingerprint density at radius 2 is 1.94 bits per heavy atom. The zero-order chi connectivity index (χ0) is 12.6. The molecule has 0 atom stereocenters. The SMILES string of the molecule is CCC(C)(C)c1ccc(S(=O)(=O)[O-])c(F)c1. The maximum Gasteiger partial charge on any atom is 0.140 e. The molecule has 16 heavy (non-hydrogen) atoms. The van der Waals surface area contributed by atoms with Crippen molar-refractivity contribution in [3.05, 3.63) is 29.6 Å². The predicted octanol–water partition coefficient (Wildman–Crippen LogP) is 2.42. The van der Waals surface area contributed by atoms with Gasteiger partial charge in [-0.3, -0.25) is 0 Å². The van der Waals surface area contributed by atoms with Crippen LogP contribution in [0.2, 0.25) is 0 Å². The Bertz CT molecular complexity index is 492. The monoisotopic (exact) mass is 245 g/mol. The van der Waals surface area contributed by atoms with Crippen LogP contribution in [-0.2, 0) is 15.5 Å². The quantitative estimate of drug-likeness (QED) is 0.768. The normalized spacial score (nSPS) is 12.8. The van der Waals surface area contributed by atoms with Crippen LogP contribution in [0.1, 0.15) is 32.8 Å². The van der Waals surface area contributed by atoms with E-state index in [1.165, 1.54) is 6.07 Å². The Balaban J connectivity index is 3.30. The lowest BCUT2D eigenvalue weighted by atomic mass is 9.82. The summed E-state index contributed by atoms with van der Waals surface area (Å²) in [6, 6.07) is 3.63. The lowest BCUT2D eigenvalue weighted by molar-refractivity contribution is 0.452. The number of halogens is 1. The van der Waals surface area contributed by atoms with Gasteiger partial charge >= 0.3 is 0 Å². The number of benzene rings is 1. The molecule has 3 nitrogen and oxygen atoms in total. The molecule has 0 heterocycles. The average molecular weight is 245 g/mol. The molecule has 0 spiro atoms. The highest BCUT2D eigenvalue weighted by Gasteiger charge is 2.20. The second-order valence-corrected chi connectivity index (χ2v) is 5.68. The first-order valence-electron chi connectivity index (χ1n) is 4.94. The van der Waals surface area contributed by atoms with Gasteiger partial charge in [0.15, 0.2) is 0 Å². The Hall–Kier alpha value is -0.940. The highest BCUT2D eigenvalue weighted by atomic mass is 32.2. The topological polar surface area (TPSA) is 57.2 Å². The van der Waals surface area contributed by atoms with Gasteiger partial charge in [0.25, 0.3) is 0 Å². The van der Waals surface area contributed by atoms with Gasteiger partial charge in [-0.15, -0.1) is 0 Å². The van der Waals surface area contributed by atoms with E-state index in [4.69, 9.17) is 0 Å². The van der Waals surface area contributed by atoms with Gasteiger partial charge in [0.2, 0.25) is 0 Å². The molecule has 0 aromatic heterocycles. The molecule has 0 radical (unpaired) electrons. The van der Waals surface area contributed by atoms with Crippen molar-refractivity contribution in [1.82, 2.24) is 0 Å². The van der Waals surface area contributed by atoms with E-state index >= 15 is 0 Å². The highest BCUT2D eigenvalue weighted by Crippen LogP contribution is 2.28. The third-order valence-corrected chi connectivity index (χ3v) is 3.74. The maximum atomic E-state index is 13.4. The van der Waals surface area contributed by atoms with E-state index in [1.54, 1.807) is 0 Å². The van der Waals surface area contributed by atoms with Crippen LogP contribution in [0.15, 0.2) is 23.1 Å². The smallest absolute Gasteiger partial charge is 0.140 e. The van der Waals surface area contributed by atoms with Crippen molar-refractivity contribution in [1.29, 1.82) is 0 Å². The van der Waals surface area contributed by atoms with E-state index < -0.39 is 20.8 Å². The van der Waals surface area contributed by atoms with E-state index in [2.05, 4.69) is 0 Å². The van der Waals surface area contributed by atoms with Crippen LogP contribution >= 0.6 is 0 Å². The Kier molecular flexibility index (Phi) is 3.40. The van der Waals surface area contributed by atoms with Gasteiger partial charge in [-0.1, -0.05) is 26.8 Å². The van der Waals surface area contributed by atoms with Crippen molar-refractivity contribution < 1.29 is 17.4 Å². The lowest BCUT2D eigenvalue weighted by Crippen LogP contribution is -2.16. The molecule has 1 aromatic rings. The minimum atomic E-state index is -4.73. The molecule has 0 aliphatic heterocycles. The predicted molar refractivity (Wildman–Crippen MR) is 57.7 cm³/mol. The van der Waals surface area contributed by atoms with Crippen molar-refractivity contribution in [2.24, 2.45) is 0 Å². The van der Waals surface area contributed by atoms with E-state index in [1.807, 2.05) is 20.8 Å². The van der Waals surface area contributed by atoms with Crippen molar-refractivity contribution >= 4 is 10.1 Å². The minimum Gasteiger partial charge on any atom is -0.744 e. The summed E-state index contributed by atoms with van der Waals surface area (Å²) in [6.45, 7) is 5.80. The van der Waals surface area contributed by atoms with Gasteiger partial charge in [-0.2, -0.15) is 0 Å². The van der Waals surface area contributed by atoms with Gasteiger partial charge in [-0.05, 0) is 29.5 Å². The van der Waals surface area contributed by atoms with Gasteiger partial charge < -0.3 is 4.55 Å². The number of rotatable bonds is 3. The summed E-state index contributed by atoms with van der Waals surface area (Å²) >= 11 is 0. The minimum absolute atomic E-state index is 0.244. The number of hydrogen-bond donors (Lipinski definition) is 0. The van der Waals surface area contributed by atoms with Crippen LogP contribution in [0, 0.1) is 5.82 Å². The van der Waals surface area contributed by atoms with Crippen molar-refractivity contribution in [3.63, 3.8) is 0 Å². The molecular weight excluding hydrogens is 231 g/mol. The molecule has 90 valence electrons. The average Bonchev–Trinajstić information content (AvgIpc) is 2.15. The van der Waals surface area contributed by atoms with Crippen LogP contribution in [0.4, 0.5) is 4.39 Å². The second kappa shape index (κ2) is 4.14. The Morgan fingerprint density at radius 3 is 2.31 bits per heavy atom. The molecule has 0 unspecified atom stereocenters. The van der Waals surface area contributed by atoms with E-state index in [-0.39, 0.29) is 5.41 Å². The zero-order valence-electron chi connectivity index (χ0n) is 9.45. The van der Waals surface area contributed by atoms with Crippen LogP contribution in [0.3, 0.4) is 0 Å². The maximum absolute atomic E-state index is 13.4. The fourth-order valence-corrected chi connectivity index (χ4v) is 1.86. The van der Waals surface area contributed by atoms with Crippen LogP contribution in [0.5, 0.6) is 0 Å². The molecule has 0 N–H and O–H groups in total. The summed E-state index contributed by atoms with van der Waals surface area (Å²) in [5.74, 6) is -0.978. The van der Waals surface area contributed by atoms with Crippen molar-refractivity contribution in [2.45, 2.75) is 37.5 Å². The van der Waals surface area contributed by atoms with Gasteiger partial charge in [0, 0.05) is 0 Å². The fourth-order valence-electron chi connectivity index (χ4n) is 1.33. The molecule has 1 aromatic carbocycles. The fraction of sp³-hybridized carbons (Fsp3) is 0.455. The molecule has 0 saturated carbocycles. The van der Waals surface area contributed by atoms with Crippen LogP contribution in [0.25, 0.3) is 0 Å². The molecule has 0 saturated heterocycles. The Labute approximate surface area is 95.1 Å². The lowest BCUT2D eigenvalue weighted by Gasteiger charge is -2.24. The van der Waals surface area contributed by atoms with E-state index in [0.29, 0.717) is 5.56 Å². The summed E-state index contributed by atoms with van der Waals surface area (Å²) in [5, 5.41) is 0. The van der Waals surface area contributed by atoms with Crippen molar-refractivity contribution in [3.8, 4) is 0 Å². The molecule has 0 fully saturated rings. The summed E-state index contributed by atoms with van der Waals surface area (Å²) in [4.78, 5) is -0.789. The third-order valence-electron chi connectivity index (χ3n) is 2.87. The van der Waals surface area contributed by atoms with Crippen LogP contribution < -0.4 is 0 Å². The van der Waals surface area contributed by atoms with Crippen LogP contribution in [-0.4, -0.2) is 13.0 Å². The Morgan fingerprint density at radius 1 is 1.38 bits per heavy atom. The van der Waals surface area contributed by atoms with Gasteiger partial charge in [0.05, 0.1) is 4.90 Å².